The van der Waals surface area contributed by atoms with Crippen molar-refractivity contribution in [3.05, 3.63) is 57.2 Å². The van der Waals surface area contributed by atoms with E-state index in [0.717, 1.165) is 37.9 Å². The van der Waals surface area contributed by atoms with Crippen molar-refractivity contribution >= 4 is 38.9 Å². The van der Waals surface area contributed by atoms with Crippen molar-refractivity contribution in [2.75, 3.05) is 5.32 Å². The van der Waals surface area contributed by atoms with Crippen LogP contribution in [0.1, 0.15) is 17.0 Å². The van der Waals surface area contributed by atoms with E-state index in [1.54, 1.807) is 0 Å². The number of nitrogens with zero attached hydrogens (tertiary/aromatic N) is 1. The Hall–Kier alpha value is -1.92. The molecular formula is C17H15BrN2O2S. The number of nitrogens with one attached hydrogen (secondary N) is 1. The first kappa shape index (κ1) is 16.0. The number of amides is 1. The van der Waals surface area contributed by atoms with Crippen LogP contribution in [-0.4, -0.2) is 10.9 Å². The summed E-state index contributed by atoms with van der Waals surface area (Å²) in [5.74, 6) is 1.49. The van der Waals surface area contributed by atoms with Gasteiger partial charge in [-0.2, -0.15) is 0 Å². The molecule has 2 aromatic heterocycles. The van der Waals surface area contributed by atoms with Crippen LogP contribution in [0, 0.1) is 13.8 Å². The van der Waals surface area contributed by atoms with Gasteiger partial charge in [0.05, 0.1) is 12.1 Å². The summed E-state index contributed by atoms with van der Waals surface area (Å²) in [6, 6.07) is 9.53. The van der Waals surface area contributed by atoms with E-state index in [-0.39, 0.29) is 12.3 Å². The maximum absolute atomic E-state index is 12.1. The molecule has 23 heavy (non-hydrogen) atoms. The molecule has 2 heterocycles. The molecule has 0 bridgehead atoms. The zero-order chi connectivity index (χ0) is 16.4. The Morgan fingerprint density at radius 3 is 2.83 bits per heavy atom. The summed E-state index contributed by atoms with van der Waals surface area (Å²) in [5, 5.41) is 5.56. The number of hydrogen-bond acceptors (Lipinski definition) is 4. The van der Waals surface area contributed by atoms with Gasteiger partial charge in [-0.15, -0.1) is 11.3 Å². The first-order valence-corrected chi connectivity index (χ1v) is 8.76. The number of anilines is 1. The Morgan fingerprint density at radius 1 is 1.30 bits per heavy atom. The molecule has 0 radical (unpaired) electrons. The number of rotatable bonds is 4. The van der Waals surface area contributed by atoms with E-state index in [9.17, 15) is 4.79 Å². The molecule has 1 N–H and O–H groups in total. The number of halogens is 1. The highest BCUT2D eigenvalue weighted by atomic mass is 79.9. The van der Waals surface area contributed by atoms with Crippen LogP contribution >= 0.6 is 27.3 Å². The van der Waals surface area contributed by atoms with E-state index in [0.29, 0.717) is 0 Å². The van der Waals surface area contributed by atoms with E-state index in [2.05, 4.69) is 26.2 Å². The summed E-state index contributed by atoms with van der Waals surface area (Å²) in [6.45, 7) is 3.90. The van der Waals surface area contributed by atoms with Crippen molar-refractivity contribution in [3.8, 4) is 10.8 Å². The maximum Gasteiger partial charge on any atom is 0.230 e. The third-order valence-corrected chi connectivity index (χ3v) is 5.06. The van der Waals surface area contributed by atoms with Crippen molar-refractivity contribution < 1.29 is 9.21 Å². The zero-order valence-electron chi connectivity index (χ0n) is 12.7. The summed E-state index contributed by atoms with van der Waals surface area (Å²) in [4.78, 5) is 16.6. The van der Waals surface area contributed by atoms with Gasteiger partial charge in [-0.05, 0) is 43.7 Å². The molecule has 1 amide bonds. The van der Waals surface area contributed by atoms with Gasteiger partial charge in [-0.3, -0.25) is 4.79 Å². The molecule has 0 saturated carbocycles. The molecule has 0 fully saturated rings. The van der Waals surface area contributed by atoms with E-state index in [4.69, 9.17) is 4.42 Å². The molecule has 0 spiro atoms. The normalized spacial score (nSPS) is 10.7. The highest BCUT2D eigenvalue weighted by molar-refractivity contribution is 9.10. The number of hydrogen-bond donors (Lipinski definition) is 1. The lowest BCUT2D eigenvalue weighted by Gasteiger charge is -2.06. The van der Waals surface area contributed by atoms with E-state index < -0.39 is 0 Å². The van der Waals surface area contributed by atoms with Crippen LogP contribution in [0.25, 0.3) is 10.8 Å². The van der Waals surface area contributed by atoms with Crippen molar-refractivity contribution in [2.24, 2.45) is 0 Å². The second-order valence-corrected chi connectivity index (χ2v) is 6.96. The maximum atomic E-state index is 12.1. The van der Waals surface area contributed by atoms with Crippen molar-refractivity contribution in [1.29, 1.82) is 0 Å². The summed E-state index contributed by atoms with van der Waals surface area (Å²) in [6.07, 6.45) is 0.238. The molecule has 3 rings (SSSR count). The second kappa shape index (κ2) is 6.68. The fraction of sp³-hybridized carbons (Fsp3) is 0.176. The lowest BCUT2D eigenvalue weighted by Crippen LogP contribution is -2.14. The van der Waals surface area contributed by atoms with Crippen molar-refractivity contribution in [2.45, 2.75) is 20.3 Å². The average Bonchev–Trinajstić information content (AvgIpc) is 3.12. The highest BCUT2D eigenvalue weighted by Gasteiger charge is 2.11. The van der Waals surface area contributed by atoms with Gasteiger partial charge in [0.1, 0.15) is 5.76 Å². The molecule has 4 nitrogen and oxygen atoms in total. The Bertz CT molecular complexity index is 854. The van der Waals surface area contributed by atoms with Crippen LogP contribution in [-0.2, 0) is 11.2 Å². The van der Waals surface area contributed by atoms with Crippen LogP contribution in [0.3, 0.4) is 0 Å². The topological polar surface area (TPSA) is 55.1 Å². The number of aromatic nitrogens is 1. The lowest BCUT2D eigenvalue weighted by atomic mass is 10.2. The summed E-state index contributed by atoms with van der Waals surface area (Å²) < 4.78 is 6.52. The van der Waals surface area contributed by atoms with Crippen molar-refractivity contribution in [3.63, 3.8) is 0 Å². The molecule has 0 saturated heterocycles. The van der Waals surface area contributed by atoms with E-state index >= 15 is 0 Å². The van der Waals surface area contributed by atoms with Gasteiger partial charge in [-0.25, -0.2) is 4.98 Å². The Labute approximate surface area is 146 Å². The average molecular weight is 391 g/mol. The van der Waals surface area contributed by atoms with Gasteiger partial charge in [-0.1, -0.05) is 22.0 Å². The molecule has 118 valence electrons. The second-order valence-electron chi connectivity index (χ2n) is 5.24. The van der Waals surface area contributed by atoms with Crippen molar-refractivity contribution in [1.82, 2.24) is 4.98 Å². The van der Waals surface area contributed by atoms with E-state index in [1.165, 1.54) is 11.3 Å². The predicted octanol–water partition coefficient (Wildman–Crippen LogP) is 4.96. The molecule has 0 unspecified atom stereocenters. The third-order valence-electron chi connectivity index (χ3n) is 3.30. The minimum absolute atomic E-state index is 0.0896. The van der Waals surface area contributed by atoms with E-state index in [1.807, 2.05) is 49.6 Å². The minimum atomic E-state index is -0.0896. The van der Waals surface area contributed by atoms with Crippen LogP contribution < -0.4 is 5.32 Å². The van der Waals surface area contributed by atoms with Gasteiger partial charge in [0, 0.05) is 15.5 Å². The number of carbonyl (C=O) groups excluding carboxylic acids is 1. The summed E-state index contributed by atoms with van der Waals surface area (Å²) in [5.41, 5.74) is 2.63. The molecule has 0 atom stereocenters. The van der Waals surface area contributed by atoms with Gasteiger partial charge >= 0.3 is 0 Å². The smallest absolute Gasteiger partial charge is 0.230 e. The fourth-order valence-electron chi connectivity index (χ4n) is 2.09. The standard InChI is InChI=1S/C17H15BrN2O2S/c1-10-3-5-12(7-14(10)18)19-16(21)8-13-9-23-17(20-13)15-6-4-11(2)22-15/h3-7,9H,8H2,1-2H3,(H,19,21). The van der Waals surface area contributed by atoms with Gasteiger partial charge < -0.3 is 9.73 Å². The predicted molar refractivity (Wildman–Crippen MR) is 95.8 cm³/mol. The van der Waals surface area contributed by atoms with Gasteiger partial charge in [0.15, 0.2) is 10.8 Å². The minimum Gasteiger partial charge on any atom is -0.459 e. The number of carbonyl (C=O) groups is 1. The van der Waals surface area contributed by atoms with Gasteiger partial charge in [0.25, 0.3) is 0 Å². The first-order chi connectivity index (χ1) is 11.0. The Morgan fingerprint density at radius 2 is 2.13 bits per heavy atom. The Kier molecular flexibility index (Phi) is 4.63. The summed E-state index contributed by atoms with van der Waals surface area (Å²) in [7, 11) is 0. The molecule has 0 aliphatic carbocycles. The number of benzene rings is 1. The molecule has 0 aliphatic heterocycles. The fourth-order valence-corrected chi connectivity index (χ4v) is 3.25. The molecule has 0 aliphatic rings. The van der Waals surface area contributed by atoms with Crippen LogP contribution in [0.5, 0.6) is 0 Å². The lowest BCUT2D eigenvalue weighted by molar-refractivity contribution is -0.115. The third kappa shape index (κ3) is 3.89. The molecular weight excluding hydrogens is 376 g/mol. The quantitative estimate of drug-likeness (QED) is 0.684. The molecule has 6 heteroatoms. The van der Waals surface area contributed by atoms with Crippen LogP contribution in [0.15, 0.2) is 44.6 Å². The number of furan rings is 1. The highest BCUT2D eigenvalue weighted by Crippen LogP contribution is 2.26. The van der Waals surface area contributed by atoms with Gasteiger partial charge in [0.2, 0.25) is 5.91 Å². The zero-order valence-corrected chi connectivity index (χ0v) is 15.1. The number of thiazole rings is 1. The molecule has 3 aromatic rings. The Balaban J connectivity index is 1.66. The molecule has 1 aromatic carbocycles. The SMILES string of the molecule is Cc1ccc(-c2nc(CC(=O)Nc3ccc(C)c(Br)c3)cs2)o1. The van der Waals surface area contributed by atoms with Crippen LogP contribution in [0.4, 0.5) is 5.69 Å². The van der Waals surface area contributed by atoms with Crippen LogP contribution in [0.2, 0.25) is 0 Å². The summed E-state index contributed by atoms with van der Waals surface area (Å²) >= 11 is 4.94. The monoisotopic (exact) mass is 390 g/mol. The largest absolute Gasteiger partial charge is 0.459 e. The first-order valence-electron chi connectivity index (χ1n) is 7.08. The number of aryl methyl sites for hydroxylation is 2.